The number of hydrogen-bond acceptors (Lipinski definition) is 4. The molecule has 5 heteroatoms. The molecular weight excluding hydrogens is 358 g/mol. The van der Waals surface area contributed by atoms with Crippen molar-refractivity contribution in [2.24, 2.45) is 0 Å². The van der Waals surface area contributed by atoms with Crippen molar-refractivity contribution >= 4 is 11.6 Å². The van der Waals surface area contributed by atoms with Gasteiger partial charge in [-0.05, 0) is 55.8 Å². The van der Waals surface area contributed by atoms with Crippen LogP contribution in [-0.2, 0) is 0 Å². The Hall–Kier alpha value is -2.43. The number of rotatable bonds is 6. The lowest BCUT2D eigenvalue weighted by Crippen LogP contribution is -2.25. The van der Waals surface area contributed by atoms with Gasteiger partial charge in [-0.15, -0.1) is 0 Å². The molecule has 2 aromatic heterocycles. The molecule has 1 aliphatic heterocycles. The maximum absolute atomic E-state index is 5.95. The summed E-state index contributed by atoms with van der Waals surface area (Å²) in [7, 11) is 0. The minimum absolute atomic E-state index is 0.663. The summed E-state index contributed by atoms with van der Waals surface area (Å²) in [6.07, 6.45) is 6.29. The SMILES string of the molecule is Clc1ccc(-c2ccc(-c3ccc(OCCN4CCCC4)nc3)nc2)cc1. The van der Waals surface area contributed by atoms with Crippen molar-refractivity contribution in [3.05, 3.63) is 65.9 Å². The molecule has 1 aromatic carbocycles. The lowest BCUT2D eigenvalue weighted by Gasteiger charge is -2.14. The van der Waals surface area contributed by atoms with Crippen LogP contribution in [0.5, 0.6) is 5.88 Å². The minimum Gasteiger partial charge on any atom is -0.476 e. The highest BCUT2D eigenvalue weighted by molar-refractivity contribution is 6.30. The molecule has 0 radical (unpaired) electrons. The number of likely N-dealkylation sites (tertiary alicyclic amines) is 1. The standard InChI is InChI=1S/C22H22ClN3O/c23-20-7-3-17(4-8-20)18-5-9-21(24-15-18)19-6-10-22(25-16-19)27-14-13-26-11-1-2-12-26/h3-10,15-16H,1-2,11-14H2. The molecule has 0 N–H and O–H groups in total. The van der Waals surface area contributed by atoms with Gasteiger partial charge < -0.3 is 4.74 Å². The largest absolute Gasteiger partial charge is 0.476 e. The van der Waals surface area contributed by atoms with Gasteiger partial charge >= 0.3 is 0 Å². The Bertz CT molecular complexity index is 858. The number of pyridine rings is 2. The molecule has 0 spiro atoms. The second-order valence-corrected chi connectivity index (χ2v) is 7.16. The number of benzene rings is 1. The Morgan fingerprint density at radius 1 is 0.815 bits per heavy atom. The number of halogens is 1. The summed E-state index contributed by atoms with van der Waals surface area (Å²) in [5, 5.41) is 0.733. The molecule has 0 saturated carbocycles. The van der Waals surface area contributed by atoms with Crippen molar-refractivity contribution in [3.8, 4) is 28.3 Å². The third kappa shape index (κ3) is 4.65. The highest BCUT2D eigenvalue weighted by Crippen LogP contribution is 2.24. The number of aromatic nitrogens is 2. The van der Waals surface area contributed by atoms with Crippen molar-refractivity contribution in [3.63, 3.8) is 0 Å². The van der Waals surface area contributed by atoms with E-state index in [0.717, 1.165) is 34.0 Å². The van der Waals surface area contributed by atoms with Gasteiger partial charge in [-0.25, -0.2) is 4.98 Å². The van der Waals surface area contributed by atoms with Crippen LogP contribution in [-0.4, -0.2) is 41.1 Å². The first kappa shape index (κ1) is 18.0. The van der Waals surface area contributed by atoms with Gasteiger partial charge in [0, 0.05) is 41.2 Å². The van der Waals surface area contributed by atoms with Gasteiger partial charge in [0.25, 0.3) is 0 Å². The zero-order valence-electron chi connectivity index (χ0n) is 15.1. The van der Waals surface area contributed by atoms with Crippen LogP contribution >= 0.6 is 11.6 Å². The minimum atomic E-state index is 0.663. The van der Waals surface area contributed by atoms with Crippen molar-refractivity contribution in [1.29, 1.82) is 0 Å². The van der Waals surface area contributed by atoms with E-state index in [0.29, 0.717) is 12.5 Å². The van der Waals surface area contributed by atoms with E-state index >= 15 is 0 Å². The number of nitrogens with zero attached hydrogens (tertiary/aromatic N) is 3. The molecule has 0 unspecified atom stereocenters. The van der Waals surface area contributed by atoms with Crippen molar-refractivity contribution < 1.29 is 4.74 Å². The van der Waals surface area contributed by atoms with Crippen LogP contribution in [0.3, 0.4) is 0 Å². The molecule has 3 heterocycles. The molecule has 0 amide bonds. The van der Waals surface area contributed by atoms with Gasteiger partial charge in [-0.2, -0.15) is 0 Å². The molecule has 0 atom stereocenters. The Labute approximate surface area is 164 Å². The van der Waals surface area contributed by atoms with Crippen LogP contribution in [0.15, 0.2) is 60.9 Å². The summed E-state index contributed by atoms with van der Waals surface area (Å²) < 4.78 is 5.76. The summed E-state index contributed by atoms with van der Waals surface area (Å²) >= 11 is 5.95. The maximum Gasteiger partial charge on any atom is 0.213 e. The number of ether oxygens (including phenoxy) is 1. The molecule has 3 aromatic rings. The van der Waals surface area contributed by atoms with Crippen LogP contribution in [0.1, 0.15) is 12.8 Å². The van der Waals surface area contributed by atoms with Gasteiger partial charge in [0.15, 0.2) is 0 Å². The average molecular weight is 380 g/mol. The van der Waals surface area contributed by atoms with Gasteiger partial charge in [0.05, 0.1) is 5.69 Å². The first-order chi connectivity index (χ1) is 13.3. The summed E-state index contributed by atoms with van der Waals surface area (Å²) in [5.74, 6) is 0.663. The Balaban J connectivity index is 1.37. The zero-order valence-corrected chi connectivity index (χ0v) is 15.9. The van der Waals surface area contributed by atoms with Crippen molar-refractivity contribution in [2.75, 3.05) is 26.2 Å². The normalized spacial score (nSPS) is 14.4. The fourth-order valence-electron chi connectivity index (χ4n) is 3.28. The van der Waals surface area contributed by atoms with E-state index in [1.54, 1.807) is 0 Å². The Morgan fingerprint density at radius 3 is 2.19 bits per heavy atom. The molecule has 4 nitrogen and oxygen atoms in total. The van der Waals surface area contributed by atoms with E-state index in [-0.39, 0.29) is 0 Å². The van der Waals surface area contributed by atoms with Gasteiger partial charge in [-0.3, -0.25) is 9.88 Å². The monoisotopic (exact) mass is 379 g/mol. The lowest BCUT2D eigenvalue weighted by atomic mass is 10.1. The third-order valence-corrected chi connectivity index (χ3v) is 5.08. The van der Waals surface area contributed by atoms with E-state index in [2.05, 4.69) is 20.9 Å². The van der Waals surface area contributed by atoms with E-state index in [1.807, 2.05) is 54.9 Å². The molecule has 1 fully saturated rings. The summed E-state index contributed by atoms with van der Waals surface area (Å²) in [6, 6.07) is 15.7. The molecule has 27 heavy (non-hydrogen) atoms. The molecule has 0 bridgehead atoms. The highest BCUT2D eigenvalue weighted by Gasteiger charge is 2.11. The molecule has 138 valence electrons. The van der Waals surface area contributed by atoms with E-state index in [1.165, 1.54) is 25.9 Å². The zero-order chi connectivity index (χ0) is 18.5. The summed E-state index contributed by atoms with van der Waals surface area (Å²) in [5.41, 5.74) is 4.02. The topological polar surface area (TPSA) is 38.2 Å². The van der Waals surface area contributed by atoms with Crippen molar-refractivity contribution in [2.45, 2.75) is 12.8 Å². The molecule has 0 aliphatic carbocycles. The van der Waals surface area contributed by atoms with E-state index in [4.69, 9.17) is 16.3 Å². The maximum atomic E-state index is 5.95. The van der Waals surface area contributed by atoms with Gasteiger partial charge in [0.1, 0.15) is 6.61 Å². The molecule has 1 saturated heterocycles. The lowest BCUT2D eigenvalue weighted by molar-refractivity contribution is 0.232. The van der Waals surface area contributed by atoms with Gasteiger partial charge in [-0.1, -0.05) is 29.8 Å². The van der Waals surface area contributed by atoms with Crippen LogP contribution in [0.4, 0.5) is 0 Å². The predicted molar refractivity (Wildman–Crippen MR) is 109 cm³/mol. The Morgan fingerprint density at radius 2 is 1.52 bits per heavy atom. The first-order valence-electron chi connectivity index (χ1n) is 9.31. The van der Waals surface area contributed by atoms with Crippen LogP contribution in [0, 0.1) is 0 Å². The highest BCUT2D eigenvalue weighted by atomic mass is 35.5. The van der Waals surface area contributed by atoms with E-state index in [9.17, 15) is 0 Å². The summed E-state index contributed by atoms with van der Waals surface area (Å²) in [6.45, 7) is 4.03. The quantitative estimate of drug-likeness (QED) is 0.608. The first-order valence-corrected chi connectivity index (χ1v) is 9.69. The van der Waals surface area contributed by atoms with Crippen LogP contribution < -0.4 is 4.74 Å². The van der Waals surface area contributed by atoms with Gasteiger partial charge in [0.2, 0.25) is 5.88 Å². The second-order valence-electron chi connectivity index (χ2n) is 6.72. The fourth-order valence-corrected chi connectivity index (χ4v) is 3.41. The van der Waals surface area contributed by atoms with Crippen LogP contribution in [0.25, 0.3) is 22.4 Å². The average Bonchev–Trinajstić information content (AvgIpc) is 3.23. The third-order valence-electron chi connectivity index (χ3n) is 4.83. The predicted octanol–water partition coefficient (Wildman–Crippen LogP) is 4.94. The Kier molecular flexibility index (Phi) is 5.66. The fraction of sp³-hybridized carbons (Fsp3) is 0.273. The summed E-state index contributed by atoms with van der Waals surface area (Å²) in [4.78, 5) is 11.4. The molecular formula is C22H22ClN3O. The molecule has 4 rings (SSSR count). The second kappa shape index (κ2) is 8.51. The smallest absolute Gasteiger partial charge is 0.213 e. The molecule has 1 aliphatic rings. The van der Waals surface area contributed by atoms with E-state index < -0.39 is 0 Å². The van der Waals surface area contributed by atoms with Crippen molar-refractivity contribution in [1.82, 2.24) is 14.9 Å². The van der Waals surface area contributed by atoms with Crippen LogP contribution in [0.2, 0.25) is 5.02 Å². The number of hydrogen-bond donors (Lipinski definition) is 0.